The first-order valence-electron chi connectivity index (χ1n) is 15.3. The lowest BCUT2D eigenvalue weighted by atomic mass is 9.91. The van der Waals surface area contributed by atoms with Crippen molar-refractivity contribution in [2.45, 2.75) is 90.9 Å². The molecule has 0 aliphatic carbocycles. The molecule has 5 heterocycles. The van der Waals surface area contributed by atoms with Gasteiger partial charge in [0.2, 0.25) is 5.95 Å². The van der Waals surface area contributed by atoms with E-state index in [-0.39, 0.29) is 51.8 Å². The van der Waals surface area contributed by atoms with Crippen LogP contribution in [0.1, 0.15) is 83.9 Å². The number of pyridine rings is 1. The number of aliphatic hydroxyl groups is 1. The predicted octanol–water partition coefficient (Wildman–Crippen LogP) is 7.12. The van der Waals surface area contributed by atoms with Gasteiger partial charge in [-0.3, -0.25) is 4.98 Å². The summed E-state index contributed by atoms with van der Waals surface area (Å²) >= 11 is 1.18. The average molecular weight is 625 g/mol. The molecule has 1 fully saturated rings. The number of aromatic nitrogens is 3. The normalized spacial score (nSPS) is 17.4. The molecule has 3 N–H and O–H groups in total. The largest absolute Gasteiger partial charge is 0.400 e. The average Bonchev–Trinajstić information content (AvgIpc) is 3.67. The van der Waals surface area contributed by atoms with Crippen LogP contribution in [0.15, 0.2) is 23.0 Å². The first-order chi connectivity index (χ1) is 21.0. The van der Waals surface area contributed by atoms with Gasteiger partial charge in [0.25, 0.3) is 0 Å². The molecule has 1 saturated heterocycles. The van der Waals surface area contributed by atoms with Crippen LogP contribution in [-0.4, -0.2) is 44.5 Å². The summed E-state index contributed by atoms with van der Waals surface area (Å²) in [6.45, 7) is 14.1. The van der Waals surface area contributed by atoms with E-state index in [4.69, 9.17) is 15.6 Å². The molecule has 3 aromatic rings. The highest BCUT2D eigenvalue weighted by molar-refractivity contribution is 7.99. The molecule has 3 aliphatic rings. The molecule has 1 aromatic carbocycles. The summed E-state index contributed by atoms with van der Waals surface area (Å²) in [7, 11) is 0. The van der Waals surface area contributed by atoms with Crippen molar-refractivity contribution in [1.29, 1.82) is 5.26 Å². The Morgan fingerprint density at radius 2 is 1.91 bits per heavy atom. The van der Waals surface area contributed by atoms with Crippen LogP contribution in [0.25, 0.3) is 27.7 Å². The van der Waals surface area contributed by atoms with E-state index in [0.717, 1.165) is 44.1 Å². The number of allylic oxidation sites excluding steroid dienone is 1. The Balaban J connectivity index is 0.000000387. The van der Waals surface area contributed by atoms with Crippen molar-refractivity contribution < 1.29 is 18.6 Å². The number of nitrogens with two attached hydrogens (primary N) is 1. The number of nitriles is 1. The van der Waals surface area contributed by atoms with Gasteiger partial charge < -0.3 is 20.5 Å². The minimum atomic E-state index is -0.581. The first kappa shape index (κ1) is 33.6. The van der Waals surface area contributed by atoms with Crippen molar-refractivity contribution >= 4 is 34.2 Å². The maximum absolute atomic E-state index is 16.3. The van der Waals surface area contributed by atoms with Crippen molar-refractivity contribution in [3.05, 3.63) is 46.4 Å². The second-order valence-corrected chi connectivity index (χ2v) is 12.8. The lowest BCUT2D eigenvalue weighted by molar-refractivity contribution is 0.0686. The lowest BCUT2D eigenvalue weighted by Crippen LogP contribution is -2.21. The standard InChI is InChI=1S/C24H20F2N6OS.C7H16O.C2H6/c1-11-2-3-32(7-11)24-30-5-13-14-8-33-9-15(14)18(20(26)21(13)31-24)22-19-12(4-27)17(28)10-34-23(19)16(25)6-29-22;1-4-5-6-7(2,3)8;1-2/h5-6,11H,2-3,7-10,28H2,1H3;8H,4-6H2,1-3H3;1-2H3. The molecule has 1 unspecified atom stereocenters. The van der Waals surface area contributed by atoms with Crippen molar-refractivity contribution in [2.24, 2.45) is 11.7 Å². The van der Waals surface area contributed by atoms with Gasteiger partial charge >= 0.3 is 0 Å². The van der Waals surface area contributed by atoms with Crippen LogP contribution in [0.2, 0.25) is 0 Å². The Hall–Kier alpha value is -3.33. The summed E-state index contributed by atoms with van der Waals surface area (Å²) in [5.74, 6) is 0.130. The van der Waals surface area contributed by atoms with Crippen molar-refractivity contribution in [1.82, 2.24) is 15.0 Å². The molecule has 11 heteroatoms. The third kappa shape index (κ3) is 6.82. The fraction of sp³-hybridized carbons (Fsp3) is 0.515. The van der Waals surface area contributed by atoms with Gasteiger partial charge in [-0.2, -0.15) is 5.26 Å². The zero-order chi connectivity index (χ0) is 32.2. The molecule has 2 aromatic heterocycles. The smallest absolute Gasteiger partial charge is 0.225 e. The fourth-order valence-corrected chi connectivity index (χ4v) is 6.55. The van der Waals surface area contributed by atoms with Crippen LogP contribution in [0.4, 0.5) is 14.7 Å². The van der Waals surface area contributed by atoms with Crippen LogP contribution in [0.3, 0.4) is 0 Å². The van der Waals surface area contributed by atoms with Crippen LogP contribution in [0.5, 0.6) is 0 Å². The maximum Gasteiger partial charge on any atom is 0.225 e. The Morgan fingerprint density at radius 3 is 2.52 bits per heavy atom. The number of ether oxygens (including phenoxy) is 1. The van der Waals surface area contributed by atoms with Gasteiger partial charge in [-0.25, -0.2) is 18.7 Å². The predicted molar refractivity (Wildman–Crippen MR) is 172 cm³/mol. The summed E-state index contributed by atoms with van der Waals surface area (Å²) in [4.78, 5) is 15.7. The molecule has 44 heavy (non-hydrogen) atoms. The summed E-state index contributed by atoms with van der Waals surface area (Å²) in [5, 5.41) is 19.5. The second kappa shape index (κ2) is 14.2. The number of benzene rings is 1. The maximum atomic E-state index is 16.3. The van der Waals surface area contributed by atoms with Crippen molar-refractivity contribution in [3.8, 4) is 17.3 Å². The van der Waals surface area contributed by atoms with Gasteiger partial charge in [0.05, 0.1) is 41.2 Å². The number of unbranched alkanes of at least 4 members (excludes halogenated alkanes) is 1. The van der Waals surface area contributed by atoms with E-state index in [1.54, 1.807) is 6.20 Å². The summed E-state index contributed by atoms with van der Waals surface area (Å²) < 4.78 is 36.7. The molecule has 0 amide bonds. The van der Waals surface area contributed by atoms with Crippen LogP contribution >= 0.6 is 11.8 Å². The minimum Gasteiger partial charge on any atom is -0.400 e. The molecule has 8 nitrogen and oxygen atoms in total. The number of hydrogen-bond acceptors (Lipinski definition) is 9. The van der Waals surface area contributed by atoms with Gasteiger partial charge in [0.15, 0.2) is 11.6 Å². The van der Waals surface area contributed by atoms with Crippen LogP contribution in [0, 0.1) is 28.9 Å². The SMILES string of the molecule is CC.CC1CCN(c2ncc3c4c(c(-c5ncc(F)c6c5C(C#N)=C(N)CS6)c(F)c3n2)COC4)C1.CCCCC(C)(C)O. The third-order valence-electron chi connectivity index (χ3n) is 7.82. The highest BCUT2D eigenvalue weighted by Crippen LogP contribution is 2.46. The number of rotatable bonds is 5. The molecule has 3 aliphatic heterocycles. The number of nitrogens with zero attached hydrogens (tertiary/aromatic N) is 5. The first-order valence-corrected chi connectivity index (χ1v) is 16.3. The number of halogens is 2. The Labute approximate surface area is 262 Å². The Kier molecular flexibility index (Phi) is 10.8. The van der Waals surface area contributed by atoms with Gasteiger partial charge in [-0.05, 0) is 43.7 Å². The topological polar surface area (TPSA) is 121 Å². The molecule has 0 spiro atoms. The fourth-order valence-electron chi connectivity index (χ4n) is 5.57. The Morgan fingerprint density at radius 1 is 1.18 bits per heavy atom. The third-order valence-corrected chi connectivity index (χ3v) is 8.96. The number of hydrogen-bond donors (Lipinski definition) is 2. The van der Waals surface area contributed by atoms with E-state index in [1.807, 2.05) is 27.7 Å². The van der Waals surface area contributed by atoms with Crippen molar-refractivity contribution in [2.75, 3.05) is 23.7 Å². The van der Waals surface area contributed by atoms with Gasteiger partial charge in [0.1, 0.15) is 11.6 Å². The summed E-state index contributed by atoms with van der Waals surface area (Å²) in [6, 6.07) is 2.07. The minimum absolute atomic E-state index is 0.123. The number of fused-ring (bicyclic) bond motifs is 4. The second-order valence-electron chi connectivity index (χ2n) is 11.8. The highest BCUT2D eigenvalue weighted by Gasteiger charge is 2.33. The zero-order valence-corrected chi connectivity index (χ0v) is 27.2. The zero-order valence-electron chi connectivity index (χ0n) is 26.4. The molecule has 0 bridgehead atoms. The molecule has 1 atom stereocenters. The van der Waals surface area contributed by atoms with E-state index in [0.29, 0.717) is 28.5 Å². The molecule has 6 rings (SSSR count). The molecule has 0 radical (unpaired) electrons. The van der Waals surface area contributed by atoms with E-state index < -0.39 is 17.2 Å². The quantitative estimate of drug-likeness (QED) is 0.306. The number of thioether (sulfide) groups is 1. The molecule has 0 saturated carbocycles. The van der Waals surface area contributed by atoms with Crippen LogP contribution < -0.4 is 10.6 Å². The summed E-state index contributed by atoms with van der Waals surface area (Å²) in [6.07, 6.45) is 6.97. The molecular formula is C33H42F2N6O2S. The van der Waals surface area contributed by atoms with E-state index in [9.17, 15) is 9.65 Å². The van der Waals surface area contributed by atoms with E-state index in [1.165, 1.54) is 18.2 Å². The summed E-state index contributed by atoms with van der Waals surface area (Å²) in [5.41, 5.74) is 8.23. The van der Waals surface area contributed by atoms with E-state index in [2.05, 4.69) is 39.8 Å². The van der Waals surface area contributed by atoms with E-state index >= 15 is 4.39 Å². The van der Waals surface area contributed by atoms with Gasteiger partial charge in [0, 0.05) is 47.2 Å². The van der Waals surface area contributed by atoms with Gasteiger partial charge in [-0.1, -0.05) is 40.5 Å². The van der Waals surface area contributed by atoms with Crippen LogP contribution in [-0.2, 0) is 18.0 Å². The molecule has 236 valence electrons. The molecular weight excluding hydrogens is 582 g/mol. The number of anilines is 1. The monoisotopic (exact) mass is 624 g/mol. The highest BCUT2D eigenvalue weighted by atomic mass is 32.2. The van der Waals surface area contributed by atoms with Gasteiger partial charge in [-0.15, -0.1) is 11.8 Å². The Bertz CT molecular complexity index is 1600. The van der Waals surface area contributed by atoms with Crippen molar-refractivity contribution in [3.63, 3.8) is 0 Å². The lowest BCUT2D eigenvalue weighted by Gasteiger charge is -2.22.